The van der Waals surface area contributed by atoms with Crippen molar-refractivity contribution in [2.45, 2.75) is 75.7 Å². The molecule has 2 fully saturated rings. The molecule has 0 bridgehead atoms. The third kappa shape index (κ3) is 2.62. The van der Waals surface area contributed by atoms with Crippen molar-refractivity contribution < 1.29 is 19.4 Å². The fraction of sp³-hybridized carbons (Fsp3) is 0.867. The zero-order chi connectivity index (χ0) is 15.3. The maximum absolute atomic E-state index is 10.2. The summed E-state index contributed by atoms with van der Waals surface area (Å²) in [5.74, 6) is 0. The van der Waals surface area contributed by atoms with E-state index in [2.05, 4.69) is 40.4 Å². The van der Waals surface area contributed by atoms with Crippen LogP contribution in [0.1, 0.15) is 33.6 Å². The molecule has 0 aromatic rings. The Morgan fingerprint density at radius 3 is 2.50 bits per heavy atom. The van der Waals surface area contributed by atoms with E-state index in [1.165, 1.54) is 0 Å². The van der Waals surface area contributed by atoms with E-state index in [4.69, 9.17) is 9.16 Å². The Kier molecular flexibility index (Phi) is 3.98. The number of aliphatic hydroxyl groups excluding tert-OH is 2. The number of aliphatic hydroxyl groups is 2. The third-order valence-electron chi connectivity index (χ3n) is 5.21. The van der Waals surface area contributed by atoms with Gasteiger partial charge in [-0.3, -0.25) is 0 Å². The monoisotopic (exact) mass is 300 g/mol. The number of hydrogen-bond donors (Lipinski definition) is 2. The highest BCUT2D eigenvalue weighted by Crippen LogP contribution is 2.52. The molecule has 20 heavy (non-hydrogen) atoms. The van der Waals surface area contributed by atoms with Gasteiger partial charge in [0.15, 0.2) is 8.32 Å². The van der Waals surface area contributed by atoms with Gasteiger partial charge in [-0.2, -0.15) is 0 Å². The van der Waals surface area contributed by atoms with Gasteiger partial charge in [-0.05, 0) is 23.7 Å². The van der Waals surface area contributed by atoms with E-state index in [9.17, 15) is 10.2 Å². The summed E-state index contributed by atoms with van der Waals surface area (Å²) in [6, 6.07) is 0. The Labute approximate surface area is 122 Å². The normalized spacial score (nSPS) is 38.4. The summed E-state index contributed by atoms with van der Waals surface area (Å²) in [4.78, 5) is 0. The van der Waals surface area contributed by atoms with E-state index in [0.717, 1.165) is 0 Å². The van der Waals surface area contributed by atoms with Crippen molar-refractivity contribution in [3.63, 3.8) is 0 Å². The van der Waals surface area contributed by atoms with Crippen molar-refractivity contribution in [2.24, 2.45) is 0 Å². The molecule has 2 rings (SSSR count). The van der Waals surface area contributed by atoms with Crippen LogP contribution in [0, 0.1) is 0 Å². The van der Waals surface area contributed by atoms with Crippen LogP contribution in [0.15, 0.2) is 12.2 Å². The SMILES string of the molecule is C=C1[C@@H](O)C[C@H](O[Si](C)(C)C(C)(C)C)C[C@]12O[C@@H]2CO. The van der Waals surface area contributed by atoms with Crippen LogP contribution in [0.3, 0.4) is 0 Å². The lowest BCUT2D eigenvalue weighted by molar-refractivity contribution is 0.0476. The molecule has 1 aliphatic carbocycles. The summed E-state index contributed by atoms with van der Waals surface area (Å²) in [7, 11) is -1.87. The number of epoxide rings is 1. The van der Waals surface area contributed by atoms with Crippen molar-refractivity contribution in [3.05, 3.63) is 12.2 Å². The molecule has 0 unspecified atom stereocenters. The highest BCUT2D eigenvalue weighted by atomic mass is 28.4. The van der Waals surface area contributed by atoms with E-state index < -0.39 is 20.0 Å². The molecular formula is C15H28O4Si. The number of hydrogen-bond acceptors (Lipinski definition) is 4. The summed E-state index contributed by atoms with van der Waals surface area (Å²) >= 11 is 0. The standard InChI is InChI=1S/C15H28O4Si/c1-10-12(17)7-11(8-15(10)13(9-16)18-15)19-20(5,6)14(2,3)4/h11-13,16-17H,1,7-9H2,2-6H3/t11-,12-,13+,15-/m0/s1. The summed E-state index contributed by atoms with van der Waals surface area (Å²) in [6.45, 7) is 15.0. The maximum atomic E-state index is 10.2. The molecule has 2 N–H and O–H groups in total. The molecule has 4 atom stereocenters. The minimum atomic E-state index is -1.87. The van der Waals surface area contributed by atoms with Crippen LogP contribution < -0.4 is 0 Å². The molecule has 4 nitrogen and oxygen atoms in total. The average molecular weight is 300 g/mol. The van der Waals surface area contributed by atoms with Crippen LogP contribution in [-0.4, -0.2) is 49.1 Å². The van der Waals surface area contributed by atoms with Gasteiger partial charge in [-0.1, -0.05) is 27.4 Å². The van der Waals surface area contributed by atoms with Crippen LogP contribution in [0.2, 0.25) is 18.1 Å². The van der Waals surface area contributed by atoms with Crippen molar-refractivity contribution in [2.75, 3.05) is 6.61 Å². The van der Waals surface area contributed by atoms with Crippen molar-refractivity contribution in [3.8, 4) is 0 Å². The average Bonchev–Trinajstić information content (AvgIpc) is 2.98. The highest BCUT2D eigenvalue weighted by Gasteiger charge is 2.62. The first-order valence-electron chi connectivity index (χ1n) is 7.37. The van der Waals surface area contributed by atoms with Crippen molar-refractivity contribution >= 4 is 8.32 Å². The van der Waals surface area contributed by atoms with E-state index >= 15 is 0 Å². The van der Waals surface area contributed by atoms with Gasteiger partial charge in [0, 0.05) is 12.8 Å². The Hall–Kier alpha value is -0.203. The van der Waals surface area contributed by atoms with Gasteiger partial charge in [-0.25, -0.2) is 0 Å². The minimum absolute atomic E-state index is 0.0204. The molecule has 1 spiro atoms. The molecule has 0 aromatic heterocycles. The Morgan fingerprint density at radius 1 is 1.45 bits per heavy atom. The zero-order valence-corrected chi connectivity index (χ0v) is 14.3. The Bertz CT molecular complexity index is 401. The second-order valence-electron chi connectivity index (χ2n) is 7.66. The molecule has 1 heterocycles. The summed E-state index contributed by atoms with van der Waals surface area (Å²) in [5, 5.41) is 19.6. The largest absolute Gasteiger partial charge is 0.414 e. The lowest BCUT2D eigenvalue weighted by atomic mass is 9.79. The van der Waals surface area contributed by atoms with Crippen molar-refractivity contribution in [1.82, 2.24) is 0 Å². The maximum Gasteiger partial charge on any atom is 0.192 e. The number of ether oxygens (including phenoxy) is 1. The van der Waals surface area contributed by atoms with Gasteiger partial charge in [0.25, 0.3) is 0 Å². The van der Waals surface area contributed by atoms with Crippen LogP contribution in [0.25, 0.3) is 0 Å². The smallest absolute Gasteiger partial charge is 0.192 e. The van der Waals surface area contributed by atoms with Gasteiger partial charge >= 0.3 is 0 Å². The molecular weight excluding hydrogens is 272 g/mol. The van der Waals surface area contributed by atoms with Gasteiger partial charge in [0.2, 0.25) is 0 Å². The minimum Gasteiger partial charge on any atom is -0.414 e. The molecule has 0 amide bonds. The molecule has 1 saturated carbocycles. The van der Waals surface area contributed by atoms with Crippen LogP contribution in [0.4, 0.5) is 0 Å². The summed E-state index contributed by atoms with van der Waals surface area (Å²) in [5.41, 5.74) is 0.144. The van der Waals surface area contributed by atoms with Gasteiger partial charge in [-0.15, -0.1) is 0 Å². The summed E-state index contributed by atoms with van der Waals surface area (Å²) in [6.07, 6.45) is 0.424. The predicted molar refractivity (Wildman–Crippen MR) is 81.1 cm³/mol. The first-order chi connectivity index (χ1) is 9.03. The molecule has 2 aliphatic rings. The highest BCUT2D eigenvalue weighted by molar-refractivity contribution is 6.74. The van der Waals surface area contributed by atoms with Crippen molar-refractivity contribution in [1.29, 1.82) is 0 Å². The molecule has 0 radical (unpaired) electrons. The third-order valence-corrected chi connectivity index (χ3v) is 9.75. The lowest BCUT2D eigenvalue weighted by Gasteiger charge is -2.42. The predicted octanol–water partition coefficient (Wildman–Crippen LogP) is 2.22. The van der Waals surface area contributed by atoms with Crippen LogP contribution >= 0.6 is 0 Å². The molecule has 0 aromatic carbocycles. The van der Waals surface area contributed by atoms with Crippen LogP contribution in [-0.2, 0) is 9.16 Å². The second-order valence-corrected chi connectivity index (χ2v) is 12.4. The van der Waals surface area contributed by atoms with E-state index in [1.54, 1.807) is 0 Å². The Morgan fingerprint density at radius 2 is 2.05 bits per heavy atom. The first kappa shape index (κ1) is 16.2. The van der Waals surface area contributed by atoms with E-state index in [1.807, 2.05) is 0 Å². The van der Waals surface area contributed by atoms with Gasteiger partial charge in [0.1, 0.15) is 11.7 Å². The van der Waals surface area contributed by atoms with Gasteiger partial charge in [0.05, 0.1) is 18.8 Å². The van der Waals surface area contributed by atoms with E-state index in [-0.39, 0.29) is 23.9 Å². The fourth-order valence-corrected chi connectivity index (χ4v) is 4.14. The topological polar surface area (TPSA) is 62.2 Å². The quantitative estimate of drug-likeness (QED) is 0.476. The van der Waals surface area contributed by atoms with Crippen LogP contribution in [0.5, 0.6) is 0 Å². The fourth-order valence-electron chi connectivity index (χ4n) is 2.78. The summed E-state index contributed by atoms with van der Waals surface area (Å²) < 4.78 is 12.0. The number of rotatable bonds is 3. The lowest BCUT2D eigenvalue weighted by Crippen LogP contribution is -2.49. The first-order valence-corrected chi connectivity index (χ1v) is 10.3. The molecule has 116 valence electrons. The molecule has 5 heteroatoms. The molecule has 1 aliphatic heterocycles. The molecule has 1 saturated heterocycles. The zero-order valence-electron chi connectivity index (χ0n) is 13.3. The van der Waals surface area contributed by atoms with Gasteiger partial charge < -0.3 is 19.4 Å². The Balaban J connectivity index is 2.10. The second kappa shape index (κ2) is 4.92. The van der Waals surface area contributed by atoms with E-state index in [0.29, 0.717) is 18.4 Å².